The van der Waals surface area contributed by atoms with Crippen LogP contribution in [0.1, 0.15) is 42.9 Å². The van der Waals surface area contributed by atoms with E-state index in [4.69, 9.17) is 16.3 Å². The van der Waals surface area contributed by atoms with Crippen molar-refractivity contribution in [2.45, 2.75) is 26.2 Å². The average molecular weight is 420 g/mol. The van der Waals surface area contributed by atoms with E-state index < -0.39 is 0 Å². The third kappa shape index (κ3) is 6.48. The topological polar surface area (TPSA) is 21.3 Å². The fraction of sp³-hybridized carbons (Fsp3) is 0.259. The van der Waals surface area contributed by atoms with E-state index >= 15 is 0 Å². The summed E-state index contributed by atoms with van der Waals surface area (Å²) < 4.78 is 5.92. The predicted molar refractivity (Wildman–Crippen MR) is 129 cm³/mol. The van der Waals surface area contributed by atoms with E-state index in [1.54, 1.807) is 0 Å². The number of ether oxygens (including phenoxy) is 1. The molecule has 3 aromatic rings. The first-order valence-corrected chi connectivity index (χ1v) is 11.1. The molecule has 1 N–H and O–H groups in total. The summed E-state index contributed by atoms with van der Waals surface area (Å²) in [6.45, 7) is 5.06. The van der Waals surface area contributed by atoms with E-state index in [-0.39, 0.29) is 0 Å². The first-order chi connectivity index (χ1) is 14.8. The lowest BCUT2D eigenvalue weighted by Gasteiger charge is -2.13. The van der Waals surface area contributed by atoms with Gasteiger partial charge in [0, 0.05) is 5.57 Å². The van der Waals surface area contributed by atoms with Gasteiger partial charge in [-0.1, -0.05) is 91.3 Å². The molecule has 0 bridgehead atoms. The Morgan fingerprint density at radius 2 is 1.33 bits per heavy atom. The quantitative estimate of drug-likeness (QED) is 0.267. The molecule has 3 rings (SSSR count). The van der Waals surface area contributed by atoms with E-state index in [1.807, 2.05) is 60.7 Å². The Morgan fingerprint density at radius 3 is 1.97 bits per heavy atom. The van der Waals surface area contributed by atoms with Crippen LogP contribution in [0, 0.1) is 0 Å². The van der Waals surface area contributed by atoms with Crippen LogP contribution in [0.25, 0.3) is 10.6 Å². The summed E-state index contributed by atoms with van der Waals surface area (Å²) in [6.07, 6.45) is 3.36. The van der Waals surface area contributed by atoms with Crippen molar-refractivity contribution < 1.29 is 4.74 Å². The van der Waals surface area contributed by atoms with Crippen molar-refractivity contribution in [2.24, 2.45) is 0 Å². The van der Waals surface area contributed by atoms with Crippen LogP contribution in [0.15, 0.2) is 84.9 Å². The van der Waals surface area contributed by atoms with Crippen molar-refractivity contribution in [1.29, 1.82) is 0 Å². The minimum absolute atomic E-state index is 0.735. The largest absolute Gasteiger partial charge is 0.494 e. The minimum Gasteiger partial charge on any atom is -0.494 e. The molecule has 0 amide bonds. The molecule has 30 heavy (non-hydrogen) atoms. The zero-order chi connectivity index (χ0) is 21.0. The summed E-state index contributed by atoms with van der Waals surface area (Å²) in [5, 5.41) is 4.17. The highest BCUT2D eigenvalue weighted by Gasteiger charge is 2.12. The van der Waals surface area contributed by atoms with Gasteiger partial charge in [0.1, 0.15) is 5.75 Å². The Morgan fingerprint density at radius 1 is 0.733 bits per heavy atom. The molecule has 0 heterocycles. The third-order valence-corrected chi connectivity index (χ3v) is 5.30. The van der Waals surface area contributed by atoms with E-state index in [9.17, 15) is 0 Å². The highest BCUT2D eigenvalue weighted by atomic mass is 35.5. The maximum atomic E-state index is 6.88. The SMILES string of the molecule is CCCNCCCCOc1ccc(/C(=C(\Cl)c2ccccc2)c2ccccc2)cc1. The van der Waals surface area contributed by atoms with E-state index in [2.05, 4.69) is 36.5 Å². The Kier molecular flexibility index (Phi) is 9.02. The molecule has 0 unspecified atom stereocenters. The molecule has 0 atom stereocenters. The summed E-state index contributed by atoms with van der Waals surface area (Å²) >= 11 is 6.88. The summed E-state index contributed by atoms with van der Waals surface area (Å²) in [4.78, 5) is 0. The van der Waals surface area contributed by atoms with Crippen LogP contribution in [0.3, 0.4) is 0 Å². The normalized spacial score (nSPS) is 11.8. The Bertz CT molecular complexity index is 905. The van der Waals surface area contributed by atoms with Gasteiger partial charge in [0.25, 0.3) is 0 Å². The van der Waals surface area contributed by atoms with E-state index in [0.717, 1.165) is 65.6 Å². The molecule has 156 valence electrons. The smallest absolute Gasteiger partial charge is 0.119 e. The fourth-order valence-corrected chi connectivity index (χ4v) is 3.66. The standard InChI is InChI=1S/C27H30ClNO/c1-2-19-29-20-9-10-21-30-25-17-15-23(16-18-25)26(22-11-5-3-6-12-22)27(28)24-13-7-4-8-14-24/h3-8,11-18,29H,2,9-10,19-21H2,1H3/b27-26-. The number of nitrogens with one attached hydrogen (secondary N) is 1. The van der Waals surface area contributed by atoms with Crippen LogP contribution in [-0.2, 0) is 0 Å². The van der Waals surface area contributed by atoms with E-state index in [0.29, 0.717) is 0 Å². The molecule has 0 aliphatic carbocycles. The highest BCUT2D eigenvalue weighted by molar-refractivity contribution is 6.53. The van der Waals surface area contributed by atoms with Gasteiger partial charge in [0.05, 0.1) is 11.6 Å². The molecule has 3 heteroatoms. The van der Waals surface area contributed by atoms with Gasteiger partial charge in [-0.05, 0) is 61.2 Å². The van der Waals surface area contributed by atoms with Crippen molar-refractivity contribution in [2.75, 3.05) is 19.7 Å². The molecule has 0 aliphatic heterocycles. The molecule has 0 spiro atoms. The molecule has 0 saturated heterocycles. The van der Waals surface area contributed by atoms with Crippen molar-refractivity contribution in [3.63, 3.8) is 0 Å². The lowest BCUT2D eigenvalue weighted by molar-refractivity contribution is 0.306. The van der Waals surface area contributed by atoms with Crippen molar-refractivity contribution in [3.05, 3.63) is 102 Å². The summed E-state index contributed by atoms with van der Waals surface area (Å²) in [7, 11) is 0. The molecular weight excluding hydrogens is 390 g/mol. The monoisotopic (exact) mass is 419 g/mol. The van der Waals surface area contributed by atoms with Crippen molar-refractivity contribution >= 4 is 22.2 Å². The maximum Gasteiger partial charge on any atom is 0.119 e. The first kappa shape index (κ1) is 22.1. The Hall–Kier alpha value is -2.55. The van der Waals surface area contributed by atoms with Crippen molar-refractivity contribution in [3.8, 4) is 5.75 Å². The van der Waals surface area contributed by atoms with Gasteiger partial charge in [-0.2, -0.15) is 0 Å². The fourth-order valence-electron chi connectivity index (χ4n) is 3.32. The second-order valence-corrected chi connectivity index (χ2v) is 7.63. The number of hydrogen-bond donors (Lipinski definition) is 1. The predicted octanol–water partition coefficient (Wildman–Crippen LogP) is 7.00. The number of halogens is 1. The number of unbranched alkanes of at least 4 members (excludes halogenated alkanes) is 1. The van der Waals surface area contributed by atoms with Crippen LogP contribution < -0.4 is 10.1 Å². The zero-order valence-electron chi connectivity index (χ0n) is 17.6. The van der Waals surface area contributed by atoms with Crippen molar-refractivity contribution in [1.82, 2.24) is 5.32 Å². The molecule has 3 aromatic carbocycles. The minimum atomic E-state index is 0.735. The summed E-state index contributed by atoms with van der Waals surface area (Å²) in [5.74, 6) is 0.892. The van der Waals surface area contributed by atoms with Crippen LogP contribution in [0.5, 0.6) is 5.75 Å². The highest BCUT2D eigenvalue weighted by Crippen LogP contribution is 2.35. The van der Waals surface area contributed by atoms with Gasteiger partial charge >= 0.3 is 0 Å². The van der Waals surface area contributed by atoms with E-state index in [1.165, 1.54) is 6.42 Å². The molecule has 0 aromatic heterocycles. The second kappa shape index (κ2) is 12.2. The van der Waals surface area contributed by atoms with Gasteiger partial charge in [-0.3, -0.25) is 0 Å². The van der Waals surface area contributed by atoms with Crippen LogP contribution in [0.2, 0.25) is 0 Å². The summed E-state index contributed by atoms with van der Waals surface area (Å²) in [5.41, 5.74) is 4.21. The van der Waals surface area contributed by atoms with Gasteiger partial charge in [0.2, 0.25) is 0 Å². The Balaban J connectivity index is 1.72. The zero-order valence-corrected chi connectivity index (χ0v) is 18.4. The molecule has 0 aliphatic rings. The van der Waals surface area contributed by atoms with Gasteiger partial charge in [-0.15, -0.1) is 0 Å². The molecule has 0 fully saturated rings. The van der Waals surface area contributed by atoms with Gasteiger partial charge in [0.15, 0.2) is 0 Å². The lowest BCUT2D eigenvalue weighted by atomic mass is 9.95. The molecule has 0 radical (unpaired) electrons. The molecule has 0 saturated carbocycles. The molecular formula is C27H30ClNO. The second-order valence-electron chi connectivity index (χ2n) is 7.25. The van der Waals surface area contributed by atoms with Gasteiger partial charge in [-0.25, -0.2) is 0 Å². The Labute approximate surface area is 185 Å². The molecule has 2 nitrogen and oxygen atoms in total. The maximum absolute atomic E-state index is 6.88. The number of hydrogen-bond acceptors (Lipinski definition) is 2. The van der Waals surface area contributed by atoms with Gasteiger partial charge < -0.3 is 10.1 Å². The van der Waals surface area contributed by atoms with Crippen LogP contribution >= 0.6 is 11.6 Å². The average Bonchev–Trinajstić information content (AvgIpc) is 2.81. The summed E-state index contributed by atoms with van der Waals surface area (Å²) in [6, 6.07) is 28.6. The number of benzene rings is 3. The van der Waals surface area contributed by atoms with Crippen LogP contribution in [-0.4, -0.2) is 19.7 Å². The number of rotatable bonds is 11. The lowest BCUT2D eigenvalue weighted by Crippen LogP contribution is -2.16. The third-order valence-electron chi connectivity index (χ3n) is 4.90. The first-order valence-electron chi connectivity index (χ1n) is 10.7. The van der Waals surface area contributed by atoms with Crippen LogP contribution in [0.4, 0.5) is 0 Å².